The van der Waals surface area contributed by atoms with Crippen molar-refractivity contribution in [2.24, 2.45) is 5.73 Å². The Balaban J connectivity index is 1.66. The number of rotatable bonds is 4. The zero-order valence-corrected chi connectivity index (χ0v) is 9.87. The van der Waals surface area contributed by atoms with Crippen molar-refractivity contribution in [1.82, 2.24) is 4.90 Å². The fourth-order valence-electron chi connectivity index (χ4n) is 2.87. The average Bonchev–Trinajstić information content (AvgIpc) is 2.17. The molecule has 0 aromatic rings. The zero-order chi connectivity index (χ0) is 10.7. The summed E-state index contributed by atoms with van der Waals surface area (Å²) in [5.41, 5.74) is 6.34. The van der Waals surface area contributed by atoms with E-state index in [9.17, 15) is 0 Å². The van der Waals surface area contributed by atoms with Gasteiger partial charge in [0.15, 0.2) is 0 Å². The van der Waals surface area contributed by atoms with Gasteiger partial charge in [0.05, 0.1) is 6.10 Å². The van der Waals surface area contributed by atoms with E-state index < -0.39 is 0 Å². The molecular formula is C12H24N2O. The molecule has 0 aromatic heterocycles. The largest absolute Gasteiger partial charge is 0.377 e. The molecule has 0 radical (unpaired) electrons. The predicted octanol–water partition coefficient (Wildman–Crippen LogP) is 1.37. The Morgan fingerprint density at radius 3 is 2.80 bits per heavy atom. The number of likely N-dealkylation sites (tertiary alicyclic amines) is 1. The van der Waals surface area contributed by atoms with Gasteiger partial charge >= 0.3 is 0 Å². The van der Waals surface area contributed by atoms with E-state index in [-0.39, 0.29) is 5.54 Å². The first kappa shape index (κ1) is 11.4. The molecule has 88 valence electrons. The van der Waals surface area contributed by atoms with Crippen LogP contribution in [0.4, 0.5) is 0 Å². The Morgan fingerprint density at radius 2 is 2.20 bits per heavy atom. The number of hydrogen-bond acceptors (Lipinski definition) is 3. The van der Waals surface area contributed by atoms with E-state index in [4.69, 9.17) is 10.5 Å². The van der Waals surface area contributed by atoms with Gasteiger partial charge in [0.25, 0.3) is 0 Å². The lowest BCUT2D eigenvalue weighted by atomic mass is 9.86. The van der Waals surface area contributed by atoms with E-state index in [1.807, 2.05) is 0 Å². The van der Waals surface area contributed by atoms with Crippen molar-refractivity contribution in [2.75, 3.05) is 26.2 Å². The second-order valence-electron chi connectivity index (χ2n) is 5.27. The summed E-state index contributed by atoms with van der Waals surface area (Å²) in [6.07, 6.45) is 6.65. The van der Waals surface area contributed by atoms with Crippen LogP contribution in [0.1, 0.15) is 39.0 Å². The van der Waals surface area contributed by atoms with Gasteiger partial charge in [-0.05, 0) is 25.7 Å². The Morgan fingerprint density at radius 1 is 1.40 bits per heavy atom. The molecule has 0 spiro atoms. The van der Waals surface area contributed by atoms with Crippen LogP contribution >= 0.6 is 0 Å². The van der Waals surface area contributed by atoms with Gasteiger partial charge in [0.1, 0.15) is 0 Å². The first-order valence-corrected chi connectivity index (χ1v) is 6.35. The zero-order valence-electron chi connectivity index (χ0n) is 9.87. The molecule has 0 aromatic carbocycles. The molecule has 2 saturated heterocycles. The lowest BCUT2D eigenvalue weighted by Gasteiger charge is -2.49. The van der Waals surface area contributed by atoms with Crippen LogP contribution < -0.4 is 5.73 Å². The molecule has 2 aliphatic heterocycles. The maximum absolute atomic E-state index is 6.23. The molecule has 2 fully saturated rings. The van der Waals surface area contributed by atoms with Crippen LogP contribution in [-0.2, 0) is 4.74 Å². The lowest BCUT2D eigenvalue weighted by molar-refractivity contribution is -0.0372. The Hall–Kier alpha value is -0.120. The number of hydrogen-bond donors (Lipinski definition) is 1. The molecule has 0 aliphatic carbocycles. The van der Waals surface area contributed by atoms with Crippen molar-refractivity contribution >= 4 is 0 Å². The van der Waals surface area contributed by atoms with Gasteiger partial charge in [0, 0.05) is 31.8 Å². The van der Waals surface area contributed by atoms with Crippen LogP contribution in [0.25, 0.3) is 0 Å². The molecule has 0 bridgehead atoms. The monoisotopic (exact) mass is 212 g/mol. The van der Waals surface area contributed by atoms with E-state index in [0.717, 1.165) is 32.7 Å². The summed E-state index contributed by atoms with van der Waals surface area (Å²) in [5.74, 6) is 0. The summed E-state index contributed by atoms with van der Waals surface area (Å²) in [6.45, 7) is 6.41. The minimum Gasteiger partial charge on any atom is -0.377 e. The Bertz CT molecular complexity index is 196. The summed E-state index contributed by atoms with van der Waals surface area (Å²) in [6, 6.07) is 0. The second kappa shape index (κ2) is 4.81. The highest BCUT2D eigenvalue weighted by atomic mass is 16.5. The van der Waals surface area contributed by atoms with E-state index in [1.54, 1.807) is 0 Å². The third-order valence-electron chi connectivity index (χ3n) is 3.56. The summed E-state index contributed by atoms with van der Waals surface area (Å²) >= 11 is 0. The van der Waals surface area contributed by atoms with Crippen molar-refractivity contribution in [2.45, 2.75) is 50.7 Å². The quantitative estimate of drug-likeness (QED) is 0.765. The Labute approximate surface area is 93.0 Å². The average molecular weight is 212 g/mol. The van der Waals surface area contributed by atoms with E-state index in [0.29, 0.717) is 6.10 Å². The fraction of sp³-hybridized carbons (Fsp3) is 1.00. The number of nitrogens with zero attached hydrogens (tertiary/aromatic N) is 1. The summed E-state index contributed by atoms with van der Waals surface area (Å²) in [4.78, 5) is 2.45. The molecule has 1 atom stereocenters. The highest BCUT2D eigenvalue weighted by Crippen LogP contribution is 2.25. The number of ether oxygens (including phenoxy) is 1. The molecular weight excluding hydrogens is 188 g/mol. The maximum Gasteiger partial charge on any atom is 0.0702 e. The van der Waals surface area contributed by atoms with Crippen molar-refractivity contribution in [1.29, 1.82) is 0 Å². The van der Waals surface area contributed by atoms with Gasteiger partial charge in [-0.2, -0.15) is 0 Å². The molecule has 3 heteroatoms. The van der Waals surface area contributed by atoms with Crippen molar-refractivity contribution < 1.29 is 4.74 Å². The van der Waals surface area contributed by atoms with Gasteiger partial charge < -0.3 is 10.5 Å². The van der Waals surface area contributed by atoms with E-state index in [2.05, 4.69) is 11.8 Å². The lowest BCUT2D eigenvalue weighted by Crippen LogP contribution is -2.68. The minimum atomic E-state index is 0.115. The minimum absolute atomic E-state index is 0.115. The van der Waals surface area contributed by atoms with Crippen LogP contribution in [-0.4, -0.2) is 42.8 Å². The second-order valence-corrected chi connectivity index (χ2v) is 5.27. The standard InChI is InChI=1S/C12H24N2O/c1-2-6-12(13)9-14(10-12)8-11-5-3-4-7-15-11/h11H,2-10,13H2,1H3. The van der Waals surface area contributed by atoms with E-state index in [1.165, 1.54) is 25.7 Å². The molecule has 2 N–H and O–H groups in total. The van der Waals surface area contributed by atoms with Crippen molar-refractivity contribution in [3.63, 3.8) is 0 Å². The predicted molar refractivity (Wildman–Crippen MR) is 61.9 cm³/mol. The van der Waals surface area contributed by atoms with Crippen LogP contribution in [0, 0.1) is 0 Å². The number of nitrogens with two attached hydrogens (primary N) is 1. The maximum atomic E-state index is 6.23. The molecule has 0 amide bonds. The molecule has 0 saturated carbocycles. The Kier molecular flexibility index (Phi) is 3.65. The fourth-order valence-corrected chi connectivity index (χ4v) is 2.87. The summed E-state index contributed by atoms with van der Waals surface area (Å²) < 4.78 is 5.73. The smallest absolute Gasteiger partial charge is 0.0702 e. The van der Waals surface area contributed by atoms with Gasteiger partial charge in [-0.25, -0.2) is 0 Å². The molecule has 2 rings (SSSR count). The molecule has 2 heterocycles. The highest BCUT2D eigenvalue weighted by Gasteiger charge is 2.39. The third-order valence-corrected chi connectivity index (χ3v) is 3.56. The van der Waals surface area contributed by atoms with Crippen LogP contribution in [0.3, 0.4) is 0 Å². The van der Waals surface area contributed by atoms with Gasteiger partial charge in [0.2, 0.25) is 0 Å². The van der Waals surface area contributed by atoms with Crippen molar-refractivity contribution in [3.05, 3.63) is 0 Å². The molecule has 3 nitrogen and oxygen atoms in total. The topological polar surface area (TPSA) is 38.5 Å². The summed E-state index contributed by atoms with van der Waals surface area (Å²) in [5, 5.41) is 0. The molecule has 2 aliphatic rings. The molecule has 1 unspecified atom stereocenters. The van der Waals surface area contributed by atoms with E-state index >= 15 is 0 Å². The first-order chi connectivity index (χ1) is 7.22. The SMILES string of the molecule is CCCC1(N)CN(CC2CCCCO2)C1. The van der Waals surface area contributed by atoms with Crippen LogP contribution in [0.15, 0.2) is 0 Å². The summed E-state index contributed by atoms with van der Waals surface area (Å²) in [7, 11) is 0. The normalized spacial score (nSPS) is 31.2. The van der Waals surface area contributed by atoms with Gasteiger partial charge in [-0.1, -0.05) is 13.3 Å². The highest BCUT2D eigenvalue weighted by molar-refractivity contribution is 5.00. The first-order valence-electron chi connectivity index (χ1n) is 6.35. The van der Waals surface area contributed by atoms with Crippen LogP contribution in [0.2, 0.25) is 0 Å². The molecule has 15 heavy (non-hydrogen) atoms. The van der Waals surface area contributed by atoms with Crippen molar-refractivity contribution in [3.8, 4) is 0 Å². The van der Waals surface area contributed by atoms with Crippen LogP contribution in [0.5, 0.6) is 0 Å². The van der Waals surface area contributed by atoms with Gasteiger partial charge in [-0.15, -0.1) is 0 Å². The van der Waals surface area contributed by atoms with Gasteiger partial charge in [-0.3, -0.25) is 4.90 Å². The third kappa shape index (κ3) is 2.92.